The van der Waals surface area contributed by atoms with Gasteiger partial charge in [0.2, 0.25) is 5.91 Å². The minimum absolute atomic E-state index is 0. The number of carbonyl (C=O) groups excluding carboxylic acids is 2. The largest absolute Gasteiger partial charge is 0.464 e. The van der Waals surface area contributed by atoms with Crippen LogP contribution >= 0.6 is 48.0 Å². The maximum atomic E-state index is 12.5. The van der Waals surface area contributed by atoms with E-state index < -0.39 is 24.0 Å². The Balaban J connectivity index is 0.00000544. The van der Waals surface area contributed by atoms with Crippen LogP contribution < -0.4 is 16.0 Å². The molecule has 0 bridgehead atoms. The minimum atomic E-state index is -0.883. The Morgan fingerprint density at radius 2 is 1.82 bits per heavy atom. The fraction of sp³-hybridized carbons (Fsp3) is 0.591. The van der Waals surface area contributed by atoms with Gasteiger partial charge in [0.1, 0.15) is 11.9 Å². The van der Waals surface area contributed by atoms with E-state index in [4.69, 9.17) is 38.7 Å². The molecule has 0 spiro atoms. The number of alkyl halides is 2. The van der Waals surface area contributed by atoms with Gasteiger partial charge in [-0.2, -0.15) is 0 Å². The zero-order valence-electron chi connectivity index (χ0n) is 19.9. The Labute approximate surface area is 223 Å². The summed E-state index contributed by atoms with van der Waals surface area (Å²) in [7, 11) is 1.88. The number of benzene rings is 1. The number of halogens is 4. The van der Waals surface area contributed by atoms with E-state index in [0.29, 0.717) is 30.7 Å². The first-order valence-electron chi connectivity index (χ1n) is 10.8. The topological polar surface area (TPSA) is 102 Å². The predicted molar refractivity (Wildman–Crippen MR) is 144 cm³/mol. The molecule has 0 saturated carbocycles. The van der Waals surface area contributed by atoms with Gasteiger partial charge in [-0.1, -0.05) is 13.8 Å². The lowest BCUT2D eigenvalue weighted by Gasteiger charge is -2.22. The van der Waals surface area contributed by atoms with Gasteiger partial charge in [-0.3, -0.25) is 4.79 Å². The minimum Gasteiger partial charge on any atom is -0.464 e. The first-order chi connectivity index (χ1) is 15.2. The third kappa shape index (κ3) is 8.34. The number of hydrogen-bond donors (Lipinski definition) is 2. The second-order valence-corrected chi connectivity index (χ2v) is 8.67. The summed E-state index contributed by atoms with van der Waals surface area (Å²) >= 11 is 11.9. The zero-order valence-corrected chi connectivity index (χ0v) is 23.1. The van der Waals surface area contributed by atoms with Gasteiger partial charge in [-0.05, 0) is 31.0 Å². The van der Waals surface area contributed by atoms with Crippen molar-refractivity contribution in [1.82, 2.24) is 14.9 Å². The van der Waals surface area contributed by atoms with Gasteiger partial charge in [0.05, 0.1) is 23.7 Å². The van der Waals surface area contributed by atoms with Gasteiger partial charge in [0, 0.05) is 44.0 Å². The van der Waals surface area contributed by atoms with E-state index in [0.717, 1.165) is 16.7 Å². The lowest BCUT2D eigenvalue weighted by Crippen LogP contribution is -2.51. The molecule has 1 aromatic carbocycles. The monoisotopic (exact) mass is 557 g/mol. The highest BCUT2D eigenvalue weighted by atomic mass is 35.5. The van der Waals surface area contributed by atoms with Crippen LogP contribution in [0.1, 0.15) is 26.6 Å². The van der Waals surface area contributed by atoms with Crippen LogP contribution in [0.25, 0.3) is 11.0 Å². The van der Waals surface area contributed by atoms with E-state index in [1.165, 1.54) is 0 Å². The molecular formula is C22H35Cl4N5O3. The van der Waals surface area contributed by atoms with Crippen molar-refractivity contribution < 1.29 is 14.3 Å². The molecule has 1 heterocycles. The second kappa shape index (κ2) is 15.5. The van der Waals surface area contributed by atoms with E-state index in [9.17, 15) is 9.59 Å². The summed E-state index contributed by atoms with van der Waals surface area (Å²) in [5.74, 6) is 0.659. The van der Waals surface area contributed by atoms with Crippen LogP contribution in [-0.2, 0) is 27.8 Å². The number of anilines is 1. The maximum Gasteiger partial charge on any atom is 0.329 e. The average molecular weight is 559 g/mol. The summed E-state index contributed by atoms with van der Waals surface area (Å²) in [4.78, 5) is 31.9. The van der Waals surface area contributed by atoms with E-state index >= 15 is 0 Å². The molecule has 0 aliphatic rings. The number of ether oxygens (including phenoxy) is 1. The highest BCUT2D eigenvalue weighted by Gasteiger charge is 2.28. The molecule has 2 rings (SSSR count). The number of hydrogen-bond acceptors (Lipinski definition) is 6. The molecule has 3 N–H and O–H groups in total. The standard InChI is InChI=1S/C22H33Cl2N5O3.2ClH/c1-5-32-22(31)17(27-21(30)20(25)14(2)3)13-19-26-16-12-15(6-7-18(16)28(19)4)29(10-8-23)11-9-24;;/h6-7,12,14,17,20H,5,8-11,13,25H2,1-4H3,(H,27,30);2*1H. The molecule has 2 aromatic rings. The number of carbonyl (C=O) groups is 2. The number of rotatable bonds is 12. The Kier molecular flexibility index (Phi) is 14.9. The lowest BCUT2D eigenvalue weighted by atomic mass is 10.0. The highest BCUT2D eigenvalue weighted by Crippen LogP contribution is 2.23. The van der Waals surface area contributed by atoms with E-state index in [2.05, 4.69) is 10.2 Å². The Bertz CT molecular complexity index is 919. The molecular weight excluding hydrogens is 524 g/mol. The smallest absolute Gasteiger partial charge is 0.329 e. The van der Waals surface area contributed by atoms with E-state index in [1.807, 2.05) is 43.7 Å². The molecule has 194 valence electrons. The third-order valence-electron chi connectivity index (χ3n) is 5.33. The summed E-state index contributed by atoms with van der Waals surface area (Å²) in [5.41, 5.74) is 8.62. The van der Waals surface area contributed by atoms with Gasteiger partial charge in [0.15, 0.2) is 0 Å². The van der Waals surface area contributed by atoms with Crippen LogP contribution in [0.5, 0.6) is 0 Å². The van der Waals surface area contributed by atoms with Crippen molar-refractivity contribution in [2.75, 3.05) is 36.4 Å². The zero-order chi connectivity index (χ0) is 23.8. The summed E-state index contributed by atoms with van der Waals surface area (Å²) in [5, 5.41) is 2.74. The fourth-order valence-corrected chi connectivity index (χ4v) is 3.79. The van der Waals surface area contributed by atoms with Crippen molar-refractivity contribution in [3.63, 3.8) is 0 Å². The molecule has 1 amide bonds. The van der Waals surface area contributed by atoms with Gasteiger partial charge in [0.25, 0.3) is 0 Å². The summed E-state index contributed by atoms with van der Waals surface area (Å²) in [6.07, 6.45) is 0.184. The number of imidazole rings is 1. The first-order valence-corrected chi connectivity index (χ1v) is 11.8. The first kappa shape index (κ1) is 32.5. The highest BCUT2D eigenvalue weighted by molar-refractivity contribution is 6.18. The van der Waals surface area contributed by atoms with Crippen molar-refractivity contribution in [1.29, 1.82) is 0 Å². The molecule has 1 aromatic heterocycles. The summed E-state index contributed by atoms with van der Waals surface area (Å²) in [6.45, 7) is 6.99. The van der Waals surface area contributed by atoms with Crippen LogP contribution in [-0.4, -0.2) is 65.0 Å². The number of esters is 1. The molecule has 0 aliphatic heterocycles. The van der Waals surface area contributed by atoms with Crippen LogP contribution in [0.4, 0.5) is 5.69 Å². The summed E-state index contributed by atoms with van der Waals surface area (Å²) in [6, 6.07) is 4.35. The molecule has 8 nitrogen and oxygen atoms in total. The number of aryl methyl sites for hydroxylation is 1. The van der Waals surface area contributed by atoms with Crippen LogP contribution in [0.3, 0.4) is 0 Å². The van der Waals surface area contributed by atoms with Gasteiger partial charge < -0.3 is 25.3 Å². The third-order valence-corrected chi connectivity index (χ3v) is 5.66. The molecule has 12 heteroatoms. The van der Waals surface area contributed by atoms with E-state index in [-0.39, 0.29) is 43.8 Å². The maximum absolute atomic E-state index is 12.5. The SMILES string of the molecule is CCOC(=O)C(Cc1nc2cc(N(CCCl)CCCl)ccc2n1C)NC(=O)C(N)C(C)C.Cl.Cl. The van der Waals surface area contributed by atoms with Gasteiger partial charge in [-0.25, -0.2) is 9.78 Å². The van der Waals surface area contributed by atoms with Crippen molar-refractivity contribution in [2.45, 2.75) is 39.3 Å². The number of nitrogens with one attached hydrogen (secondary N) is 1. The average Bonchev–Trinajstić information content (AvgIpc) is 3.07. The molecule has 0 aliphatic carbocycles. The number of amides is 1. The molecule has 0 radical (unpaired) electrons. The second-order valence-electron chi connectivity index (χ2n) is 7.91. The number of aromatic nitrogens is 2. The van der Waals surface area contributed by atoms with E-state index in [1.54, 1.807) is 6.92 Å². The van der Waals surface area contributed by atoms with Crippen LogP contribution in [0, 0.1) is 5.92 Å². The molecule has 2 unspecified atom stereocenters. The van der Waals surface area contributed by atoms with Crippen molar-refractivity contribution >= 4 is 76.6 Å². The van der Waals surface area contributed by atoms with Crippen molar-refractivity contribution in [3.05, 3.63) is 24.0 Å². The lowest BCUT2D eigenvalue weighted by molar-refractivity contribution is -0.147. The molecule has 0 saturated heterocycles. The molecule has 34 heavy (non-hydrogen) atoms. The van der Waals surface area contributed by atoms with Crippen molar-refractivity contribution in [2.24, 2.45) is 18.7 Å². The number of fused-ring (bicyclic) bond motifs is 1. The Morgan fingerprint density at radius 1 is 1.21 bits per heavy atom. The Morgan fingerprint density at radius 3 is 2.35 bits per heavy atom. The molecule has 0 fully saturated rings. The number of nitrogens with zero attached hydrogens (tertiary/aromatic N) is 3. The van der Waals surface area contributed by atoms with Crippen LogP contribution in [0.15, 0.2) is 18.2 Å². The van der Waals surface area contributed by atoms with Crippen molar-refractivity contribution in [3.8, 4) is 0 Å². The normalized spacial score (nSPS) is 12.5. The van der Waals surface area contributed by atoms with Gasteiger partial charge >= 0.3 is 5.97 Å². The van der Waals surface area contributed by atoms with Gasteiger partial charge in [-0.15, -0.1) is 48.0 Å². The quantitative estimate of drug-likeness (QED) is 0.306. The Hall–Kier alpha value is -1.45. The number of nitrogens with two attached hydrogens (primary N) is 1. The predicted octanol–water partition coefficient (Wildman–Crippen LogP) is 3.27. The van der Waals surface area contributed by atoms with Crippen LogP contribution in [0.2, 0.25) is 0 Å². The summed E-state index contributed by atoms with van der Waals surface area (Å²) < 4.78 is 7.08. The fourth-order valence-electron chi connectivity index (χ4n) is 3.38. The molecule has 2 atom stereocenters.